The molecule has 0 atom stereocenters. The average molecular weight is 174 g/mol. The van der Waals surface area contributed by atoms with Crippen molar-refractivity contribution in [2.75, 3.05) is 19.0 Å². The summed E-state index contributed by atoms with van der Waals surface area (Å²) >= 11 is 5.03. The second-order valence-corrected chi connectivity index (χ2v) is 3.21. The molecule has 0 aromatic heterocycles. The highest BCUT2D eigenvalue weighted by molar-refractivity contribution is 7.80. The van der Waals surface area contributed by atoms with Gasteiger partial charge in [0.25, 0.3) is 0 Å². The fourth-order valence-corrected chi connectivity index (χ4v) is 1.26. The van der Waals surface area contributed by atoms with E-state index in [9.17, 15) is 0 Å². The molecule has 0 rings (SSSR count). The molecule has 0 heterocycles. The van der Waals surface area contributed by atoms with Crippen molar-refractivity contribution in [1.29, 1.82) is 0 Å². The highest BCUT2D eigenvalue weighted by atomic mass is 32.1. The zero-order valence-electron chi connectivity index (χ0n) is 7.81. The van der Waals surface area contributed by atoms with Crippen LogP contribution in [-0.4, -0.2) is 23.9 Å². The van der Waals surface area contributed by atoms with Gasteiger partial charge in [0.15, 0.2) is 0 Å². The summed E-state index contributed by atoms with van der Waals surface area (Å²) in [5.74, 6) is 0.806. The van der Waals surface area contributed by atoms with Gasteiger partial charge in [-0.15, -0.1) is 0 Å². The molecule has 0 amide bonds. The largest absolute Gasteiger partial charge is 0.293 e. The first-order chi connectivity index (χ1) is 5.35. The van der Waals surface area contributed by atoms with Crippen molar-refractivity contribution in [3.63, 3.8) is 0 Å². The number of rotatable bonds is 7. The van der Waals surface area contributed by atoms with Gasteiger partial charge in [-0.05, 0) is 25.9 Å². The zero-order chi connectivity index (χ0) is 8.53. The first-order valence-electron chi connectivity index (χ1n) is 4.65. The lowest BCUT2D eigenvalue weighted by molar-refractivity contribution is 0.311. The monoisotopic (exact) mass is 174 g/mol. The van der Waals surface area contributed by atoms with Crippen molar-refractivity contribution < 1.29 is 0 Å². The Bertz CT molecular complexity index is 68.0. The number of nitrogens with zero attached hydrogens (tertiary/aromatic N) is 1. The second-order valence-electron chi connectivity index (χ2n) is 2.95. The van der Waals surface area contributed by atoms with Crippen molar-refractivity contribution in [2.24, 2.45) is 0 Å². The summed E-state index contributed by atoms with van der Waals surface area (Å²) in [5.41, 5.74) is 0. The lowest BCUT2D eigenvalue weighted by atomic mass is 10.3. The van der Waals surface area contributed by atoms with Crippen LogP contribution in [0, 0.1) is 0 Å². The van der Waals surface area contributed by atoms with E-state index in [1.807, 2.05) is 0 Å². The summed E-state index contributed by atoms with van der Waals surface area (Å²) < 4.78 is 0. The Morgan fingerprint density at radius 2 is 1.45 bits per heavy atom. The van der Waals surface area contributed by atoms with E-state index in [1.165, 1.54) is 38.8 Å². The smallest absolute Gasteiger partial charge is 0.0548 e. The minimum absolute atomic E-state index is 0.806. The second kappa shape index (κ2) is 8.41. The van der Waals surface area contributed by atoms with Crippen molar-refractivity contribution >= 4 is 12.6 Å². The Kier molecular flexibility index (Phi) is 8.64. The molecule has 1 radical (unpaired) electrons. The van der Waals surface area contributed by atoms with Gasteiger partial charge >= 0.3 is 0 Å². The third-order valence-corrected chi connectivity index (χ3v) is 2.20. The summed E-state index contributed by atoms with van der Waals surface area (Å²) in [4.78, 5) is 2.36. The molecule has 0 saturated carbocycles. The maximum atomic E-state index is 5.03. The Balaban J connectivity index is 3.25. The summed E-state index contributed by atoms with van der Waals surface area (Å²) in [6, 6.07) is 0. The van der Waals surface area contributed by atoms with Crippen molar-refractivity contribution in [2.45, 2.75) is 39.5 Å². The first-order valence-corrected chi connectivity index (χ1v) is 5.23. The molecular weight excluding hydrogens is 154 g/mol. The lowest BCUT2D eigenvalue weighted by Crippen LogP contribution is -2.24. The van der Waals surface area contributed by atoms with E-state index in [4.69, 9.17) is 12.6 Å². The van der Waals surface area contributed by atoms with E-state index in [2.05, 4.69) is 18.7 Å². The van der Waals surface area contributed by atoms with Gasteiger partial charge in [0.2, 0.25) is 0 Å². The maximum absolute atomic E-state index is 5.03. The predicted octanol–water partition coefficient (Wildman–Crippen LogP) is 3.04. The van der Waals surface area contributed by atoms with Crippen LogP contribution in [-0.2, 0) is 0 Å². The number of unbranched alkanes of at least 4 members (excludes halogenated alkanes) is 2. The van der Waals surface area contributed by atoms with E-state index in [0.717, 1.165) is 5.88 Å². The van der Waals surface area contributed by atoms with Crippen LogP contribution >= 0.6 is 12.6 Å². The molecule has 0 fully saturated rings. The summed E-state index contributed by atoms with van der Waals surface area (Å²) in [6.07, 6.45) is 5.14. The van der Waals surface area contributed by atoms with Crippen LogP contribution in [0.25, 0.3) is 0 Å². The molecule has 0 aliphatic carbocycles. The fraction of sp³-hybridized carbons (Fsp3) is 1.00. The molecule has 0 saturated heterocycles. The molecule has 0 aromatic carbocycles. The van der Waals surface area contributed by atoms with Crippen LogP contribution in [0.15, 0.2) is 0 Å². The molecule has 2 heteroatoms. The molecule has 0 aliphatic rings. The van der Waals surface area contributed by atoms with Crippen LogP contribution in [0.4, 0.5) is 0 Å². The Labute approximate surface area is 76.6 Å². The molecule has 11 heavy (non-hydrogen) atoms. The van der Waals surface area contributed by atoms with Crippen molar-refractivity contribution in [1.82, 2.24) is 4.90 Å². The minimum Gasteiger partial charge on any atom is -0.293 e. The highest BCUT2D eigenvalue weighted by Crippen LogP contribution is 1.99. The Morgan fingerprint density at radius 3 is 1.73 bits per heavy atom. The fourth-order valence-electron chi connectivity index (χ4n) is 1.00. The predicted molar refractivity (Wildman–Crippen MR) is 53.8 cm³/mol. The van der Waals surface area contributed by atoms with Gasteiger partial charge in [-0.3, -0.25) is 4.90 Å². The molecule has 0 N–H and O–H groups in total. The Hall–Kier alpha value is 0.310. The zero-order valence-corrected chi connectivity index (χ0v) is 8.62. The highest BCUT2D eigenvalue weighted by Gasteiger charge is 1.99. The SMILES string of the molecule is CCCCN(C[S])CCCC. The summed E-state index contributed by atoms with van der Waals surface area (Å²) in [6.45, 7) is 6.84. The van der Waals surface area contributed by atoms with Crippen LogP contribution < -0.4 is 0 Å². The van der Waals surface area contributed by atoms with Crippen LogP contribution in [0.2, 0.25) is 0 Å². The molecule has 1 nitrogen and oxygen atoms in total. The van der Waals surface area contributed by atoms with Gasteiger partial charge in [0.05, 0.1) is 5.88 Å². The van der Waals surface area contributed by atoms with Gasteiger partial charge in [0, 0.05) is 0 Å². The van der Waals surface area contributed by atoms with Crippen LogP contribution in [0.1, 0.15) is 39.5 Å². The van der Waals surface area contributed by atoms with E-state index in [-0.39, 0.29) is 0 Å². The molecule has 0 aliphatic heterocycles. The van der Waals surface area contributed by atoms with Gasteiger partial charge in [-0.1, -0.05) is 39.3 Å². The van der Waals surface area contributed by atoms with Crippen molar-refractivity contribution in [3.05, 3.63) is 0 Å². The van der Waals surface area contributed by atoms with E-state index in [0.29, 0.717) is 0 Å². The molecule has 0 aromatic rings. The lowest BCUT2D eigenvalue weighted by Gasteiger charge is -2.18. The van der Waals surface area contributed by atoms with Gasteiger partial charge in [-0.2, -0.15) is 0 Å². The van der Waals surface area contributed by atoms with Crippen molar-refractivity contribution in [3.8, 4) is 0 Å². The third-order valence-electron chi connectivity index (χ3n) is 1.84. The topological polar surface area (TPSA) is 3.24 Å². The summed E-state index contributed by atoms with van der Waals surface area (Å²) in [7, 11) is 0. The molecular formula is C9H20NS. The van der Waals surface area contributed by atoms with Crippen LogP contribution in [0.5, 0.6) is 0 Å². The molecule has 67 valence electrons. The molecule has 0 spiro atoms. The van der Waals surface area contributed by atoms with Gasteiger partial charge < -0.3 is 0 Å². The standard InChI is InChI=1S/C9H20NS/c1-3-5-7-10(9-11)8-6-4-2/h3-9H2,1-2H3. The average Bonchev–Trinajstić information content (AvgIpc) is 2.05. The minimum atomic E-state index is 0.806. The summed E-state index contributed by atoms with van der Waals surface area (Å²) in [5, 5.41) is 0. The Morgan fingerprint density at radius 1 is 1.00 bits per heavy atom. The first kappa shape index (κ1) is 11.3. The molecule has 0 unspecified atom stereocenters. The van der Waals surface area contributed by atoms with E-state index < -0.39 is 0 Å². The normalized spacial score (nSPS) is 10.9. The van der Waals surface area contributed by atoms with E-state index in [1.54, 1.807) is 0 Å². The number of hydrogen-bond acceptors (Lipinski definition) is 1. The maximum Gasteiger partial charge on any atom is 0.0548 e. The quantitative estimate of drug-likeness (QED) is 0.573. The van der Waals surface area contributed by atoms with Gasteiger partial charge in [-0.25, -0.2) is 0 Å². The number of hydrogen-bond donors (Lipinski definition) is 0. The van der Waals surface area contributed by atoms with Crippen LogP contribution in [0.3, 0.4) is 0 Å². The third kappa shape index (κ3) is 6.70. The molecule has 0 bridgehead atoms. The van der Waals surface area contributed by atoms with E-state index >= 15 is 0 Å². The van der Waals surface area contributed by atoms with Gasteiger partial charge in [0.1, 0.15) is 0 Å².